The van der Waals surface area contributed by atoms with Crippen LogP contribution in [0.1, 0.15) is 11.3 Å². The average Bonchev–Trinajstić information content (AvgIpc) is 3.22. The van der Waals surface area contributed by atoms with Gasteiger partial charge in [-0.3, -0.25) is 4.79 Å². The summed E-state index contributed by atoms with van der Waals surface area (Å²) in [5.41, 5.74) is 10.6. The second kappa shape index (κ2) is 10.6. The molecule has 0 bridgehead atoms. The number of hydrogen-bond donors (Lipinski definition) is 3. The highest BCUT2D eigenvalue weighted by Crippen LogP contribution is 2.32. The van der Waals surface area contributed by atoms with E-state index in [1.807, 2.05) is 66.7 Å². The third-order valence-electron chi connectivity index (χ3n) is 5.76. The van der Waals surface area contributed by atoms with Crippen molar-refractivity contribution in [3.05, 3.63) is 84.1 Å². The van der Waals surface area contributed by atoms with Crippen molar-refractivity contribution in [3.8, 4) is 11.8 Å². The molecular formula is C26H21F3N6O3. The number of aliphatic carboxylic acids is 1. The third kappa shape index (κ3) is 5.28. The number of benzene rings is 3. The Bertz CT molecular complexity index is 1540. The number of aromatic nitrogens is 2. The van der Waals surface area contributed by atoms with Crippen LogP contribution >= 0.6 is 0 Å². The van der Waals surface area contributed by atoms with Gasteiger partial charge in [0, 0.05) is 11.9 Å². The molecule has 1 aliphatic rings. The molecule has 9 nitrogen and oxygen atoms in total. The summed E-state index contributed by atoms with van der Waals surface area (Å²) in [5, 5.41) is 25.7. The SMILES string of the molecule is N#Cc1ccccc1-n1nc(CN2C(=O)[C@@H](N)CNc3ccccc32)c2ccccc21.O=C(O)C(F)(F)F. The fourth-order valence-electron chi connectivity index (χ4n) is 3.98. The van der Waals surface area contributed by atoms with E-state index in [-0.39, 0.29) is 12.5 Å². The molecule has 1 aromatic heterocycles. The largest absolute Gasteiger partial charge is 0.490 e. The highest BCUT2D eigenvalue weighted by Gasteiger charge is 2.38. The number of rotatable bonds is 3. The van der Waals surface area contributed by atoms with Crippen LogP contribution in [-0.2, 0) is 16.1 Å². The number of anilines is 2. The number of fused-ring (bicyclic) bond motifs is 2. The van der Waals surface area contributed by atoms with Gasteiger partial charge in [0.25, 0.3) is 0 Å². The Labute approximate surface area is 214 Å². The van der Waals surface area contributed by atoms with Gasteiger partial charge < -0.3 is 21.1 Å². The number of nitrogens with zero attached hydrogens (tertiary/aromatic N) is 4. The van der Waals surface area contributed by atoms with Crippen LogP contribution < -0.4 is 16.0 Å². The lowest BCUT2D eigenvalue weighted by molar-refractivity contribution is -0.192. The third-order valence-corrected chi connectivity index (χ3v) is 5.76. The minimum atomic E-state index is -5.08. The van der Waals surface area contributed by atoms with E-state index in [2.05, 4.69) is 11.4 Å². The molecule has 194 valence electrons. The maximum atomic E-state index is 13.1. The smallest absolute Gasteiger partial charge is 0.475 e. The van der Waals surface area contributed by atoms with E-state index in [4.69, 9.17) is 20.7 Å². The molecular weight excluding hydrogens is 501 g/mol. The van der Waals surface area contributed by atoms with Gasteiger partial charge in [-0.15, -0.1) is 0 Å². The summed E-state index contributed by atoms with van der Waals surface area (Å²) in [6.07, 6.45) is -5.08. The average molecular weight is 522 g/mol. The summed E-state index contributed by atoms with van der Waals surface area (Å²) >= 11 is 0. The van der Waals surface area contributed by atoms with Crippen LogP contribution in [0.5, 0.6) is 0 Å². The van der Waals surface area contributed by atoms with E-state index in [9.17, 15) is 23.2 Å². The number of hydrogen-bond acceptors (Lipinski definition) is 6. The number of nitrogens with one attached hydrogen (secondary N) is 1. The number of alkyl halides is 3. The van der Waals surface area contributed by atoms with Crippen LogP contribution in [0.2, 0.25) is 0 Å². The summed E-state index contributed by atoms with van der Waals surface area (Å²) in [5.74, 6) is -2.92. The van der Waals surface area contributed by atoms with Crippen molar-refractivity contribution in [2.24, 2.45) is 5.73 Å². The molecule has 4 N–H and O–H groups in total. The normalized spacial score (nSPS) is 15.0. The van der Waals surface area contributed by atoms with Gasteiger partial charge in [-0.2, -0.15) is 23.5 Å². The molecule has 0 saturated carbocycles. The summed E-state index contributed by atoms with van der Waals surface area (Å²) in [6.45, 7) is 0.643. The number of carbonyl (C=O) groups excluding carboxylic acids is 1. The van der Waals surface area contributed by atoms with E-state index in [0.29, 0.717) is 17.8 Å². The Kier molecular flexibility index (Phi) is 7.31. The van der Waals surface area contributed by atoms with Crippen molar-refractivity contribution in [3.63, 3.8) is 0 Å². The number of nitriles is 1. The lowest BCUT2D eigenvalue weighted by atomic mass is 10.1. The maximum Gasteiger partial charge on any atom is 0.490 e. The molecule has 1 aliphatic heterocycles. The molecule has 2 heterocycles. The number of amides is 1. The molecule has 1 amide bonds. The maximum absolute atomic E-state index is 13.1. The molecule has 3 aromatic carbocycles. The zero-order chi connectivity index (χ0) is 27.4. The first-order chi connectivity index (χ1) is 18.1. The fraction of sp³-hybridized carbons (Fsp3) is 0.154. The number of carbonyl (C=O) groups is 2. The topological polar surface area (TPSA) is 137 Å². The van der Waals surface area contributed by atoms with E-state index in [1.165, 1.54) is 0 Å². The van der Waals surface area contributed by atoms with Crippen LogP contribution in [0.15, 0.2) is 72.8 Å². The number of halogens is 3. The zero-order valence-electron chi connectivity index (χ0n) is 19.7. The van der Waals surface area contributed by atoms with E-state index in [0.717, 1.165) is 28.0 Å². The molecule has 1 atom stereocenters. The molecule has 0 saturated heterocycles. The minimum Gasteiger partial charge on any atom is -0.475 e. The summed E-state index contributed by atoms with van der Waals surface area (Å²) in [7, 11) is 0. The predicted octanol–water partition coefficient (Wildman–Crippen LogP) is 3.82. The predicted molar refractivity (Wildman–Crippen MR) is 134 cm³/mol. The second-order valence-electron chi connectivity index (χ2n) is 8.24. The van der Waals surface area contributed by atoms with Crippen LogP contribution in [-0.4, -0.2) is 45.5 Å². The van der Waals surface area contributed by atoms with Gasteiger partial charge in [0.1, 0.15) is 12.1 Å². The van der Waals surface area contributed by atoms with Gasteiger partial charge in [-0.1, -0.05) is 42.5 Å². The molecule has 0 aliphatic carbocycles. The van der Waals surface area contributed by atoms with Crippen LogP contribution in [0.4, 0.5) is 24.5 Å². The first-order valence-electron chi connectivity index (χ1n) is 11.3. The second-order valence-corrected chi connectivity index (χ2v) is 8.24. The van der Waals surface area contributed by atoms with E-state index in [1.54, 1.807) is 15.6 Å². The Balaban J connectivity index is 0.000000426. The molecule has 0 unspecified atom stereocenters. The molecule has 38 heavy (non-hydrogen) atoms. The van der Waals surface area contributed by atoms with Crippen LogP contribution in [0, 0.1) is 11.3 Å². The molecule has 12 heteroatoms. The summed E-state index contributed by atoms with van der Waals surface area (Å²) < 4.78 is 33.5. The lowest BCUT2D eigenvalue weighted by Crippen LogP contribution is -2.45. The molecule has 4 aromatic rings. The first-order valence-corrected chi connectivity index (χ1v) is 11.3. The highest BCUT2D eigenvalue weighted by molar-refractivity contribution is 6.02. The molecule has 5 rings (SSSR count). The van der Waals surface area contributed by atoms with Crippen molar-refractivity contribution >= 4 is 34.2 Å². The van der Waals surface area contributed by atoms with Gasteiger partial charge in [0.15, 0.2) is 0 Å². The van der Waals surface area contributed by atoms with E-state index >= 15 is 0 Å². The molecule has 0 radical (unpaired) electrons. The molecule has 0 spiro atoms. The minimum absolute atomic E-state index is 0.159. The van der Waals surface area contributed by atoms with Gasteiger partial charge in [0.05, 0.1) is 40.4 Å². The van der Waals surface area contributed by atoms with Crippen molar-refractivity contribution < 1.29 is 27.9 Å². The van der Waals surface area contributed by atoms with Gasteiger partial charge in [-0.25, -0.2) is 9.48 Å². The van der Waals surface area contributed by atoms with Crippen molar-refractivity contribution in [1.82, 2.24) is 9.78 Å². The van der Waals surface area contributed by atoms with Crippen LogP contribution in [0.3, 0.4) is 0 Å². The van der Waals surface area contributed by atoms with Crippen molar-refractivity contribution in [2.45, 2.75) is 18.8 Å². The quantitative estimate of drug-likeness (QED) is 0.372. The Morgan fingerprint density at radius 3 is 2.37 bits per heavy atom. The first kappa shape index (κ1) is 26.2. The van der Waals surface area contributed by atoms with Crippen molar-refractivity contribution in [1.29, 1.82) is 5.26 Å². The number of carboxylic acids is 1. The monoisotopic (exact) mass is 522 g/mol. The Hall–Kier alpha value is -4.89. The Morgan fingerprint density at radius 1 is 1.08 bits per heavy atom. The number of para-hydroxylation sites is 4. The number of carboxylic acid groups (broad SMARTS) is 1. The number of nitrogens with two attached hydrogens (primary N) is 1. The molecule has 0 fully saturated rings. The lowest BCUT2D eigenvalue weighted by Gasteiger charge is -2.23. The van der Waals surface area contributed by atoms with Crippen LogP contribution in [0.25, 0.3) is 16.6 Å². The van der Waals surface area contributed by atoms with Gasteiger partial charge >= 0.3 is 12.1 Å². The highest BCUT2D eigenvalue weighted by atomic mass is 19.4. The zero-order valence-corrected chi connectivity index (χ0v) is 19.7. The standard InChI is InChI=1S/C24H20N6O.C2HF3O2/c25-13-16-7-1-4-10-21(16)30-22-11-5-2-8-17(22)20(28-30)15-29-23-12-6-3-9-19(23)27-14-18(26)24(29)31;3-2(4,5)1(6)7/h1-12,18,27H,14-15,26H2;(H,6,7)/t18-;/m0./s1. The van der Waals surface area contributed by atoms with Crippen molar-refractivity contribution in [2.75, 3.05) is 16.8 Å². The van der Waals surface area contributed by atoms with E-state index < -0.39 is 18.2 Å². The van der Waals surface area contributed by atoms with Gasteiger partial charge in [-0.05, 0) is 30.3 Å². The summed E-state index contributed by atoms with van der Waals surface area (Å²) in [6, 6.07) is 24.4. The Morgan fingerprint density at radius 2 is 1.68 bits per heavy atom. The van der Waals surface area contributed by atoms with Gasteiger partial charge in [0.2, 0.25) is 5.91 Å². The summed E-state index contributed by atoms with van der Waals surface area (Å²) in [4.78, 5) is 23.7. The fourth-order valence-corrected chi connectivity index (χ4v) is 3.98.